The number of hydrogen-bond acceptors (Lipinski definition) is 2. The van der Waals surface area contributed by atoms with E-state index in [1.807, 2.05) is 24.3 Å². The molecule has 86 valence electrons. The predicted molar refractivity (Wildman–Crippen MR) is 61.2 cm³/mol. The van der Waals surface area contributed by atoms with Crippen LogP contribution in [0.15, 0.2) is 42.5 Å². The lowest BCUT2D eigenvalue weighted by Crippen LogP contribution is -2.01. The fourth-order valence-corrected chi connectivity index (χ4v) is 2.14. The molecule has 1 heterocycles. The molecule has 3 heteroatoms. The Morgan fingerprint density at radius 2 is 1.82 bits per heavy atom. The molecule has 1 atom stereocenters. The van der Waals surface area contributed by atoms with E-state index in [0.29, 0.717) is 5.56 Å². The molecule has 17 heavy (non-hydrogen) atoms. The monoisotopic (exact) mass is 230 g/mol. The second-order valence-corrected chi connectivity index (χ2v) is 4.05. The fraction of sp³-hybridized carbons (Fsp3) is 0.143. The van der Waals surface area contributed by atoms with E-state index in [1.165, 1.54) is 6.07 Å². The number of rotatable bonds is 0. The zero-order valence-corrected chi connectivity index (χ0v) is 9.06. The smallest absolute Gasteiger partial charge is 0.165 e. The lowest BCUT2D eigenvalue weighted by atomic mass is 9.97. The highest BCUT2D eigenvalue weighted by Gasteiger charge is 2.24. The lowest BCUT2D eigenvalue weighted by Gasteiger charge is -2.12. The minimum atomic E-state index is -0.834. The number of halogens is 1. The third kappa shape index (κ3) is 1.59. The van der Waals surface area contributed by atoms with Crippen LogP contribution in [-0.2, 0) is 6.61 Å². The van der Waals surface area contributed by atoms with Gasteiger partial charge < -0.3 is 9.84 Å². The van der Waals surface area contributed by atoms with Crippen molar-refractivity contribution in [3.8, 4) is 5.75 Å². The highest BCUT2D eigenvalue weighted by Crippen LogP contribution is 2.36. The first-order chi connectivity index (χ1) is 8.27. The van der Waals surface area contributed by atoms with Crippen molar-refractivity contribution in [2.45, 2.75) is 12.7 Å². The minimum absolute atomic E-state index is 0.149. The van der Waals surface area contributed by atoms with Gasteiger partial charge >= 0.3 is 0 Å². The molecule has 0 bridgehead atoms. The number of aliphatic hydroxyl groups is 1. The molecule has 2 aromatic carbocycles. The van der Waals surface area contributed by atoms with Crippen molar-refractivity contribution in [1.82, 2.24) is 0 Å². The summed E-state index contributed by atoms with van der Waals surface area (Å²) in [5.74, 6) is -0.287. The van der Waals surface area contributed by atoms with Crippen molar-refractivity contribution in [3.63, 3.8) is 0 Å². The molecule has 0 fully saturated rings. The molecule has 0 amide bonds. The van der Waals surface area contributed by atoms with Gasteiger partial charge in [0, 0.05) is 5.56 Å². The molecule has 1 aliphatic rings. The van der Waals surface area contributed by atoms with Gasteiger partial charge in [-0.05, 0) is 17.2 Å². The Morgan fingerprint density at radius 1 is 1.06 bits per heavy atom. The number of fused-ring (bicyclic) bond motifs is 2. The van der Waals surface area contributed by atoms with Crippen LogP contribution in [0.1, 0.15) is 22.8 Å². The van der Waals surface area contributed by atoms with Gasteiger partial charge in [-0.15, -0.1) is 0 Å². The molecule has 0 saturated heterocycles. The van der Waals surface area contributed by atoms with Crippen LogP contribution in [0.3, 0.4) is 0 Å². The second kappa shape index (κ2) is 3.86. The average molecular weight is 230 g/mol. The van der Waals surface area contributed by atoms with Crippen LogP contribution in [0.2, 0.25) is 0 Å². The average Bonchev–Trinajstić information content (AvgIpc) is 2.50. The van der Waals surface area contributed by atoms with Gasteiger partial charge in [-0.2, -0.15) is 0 Å². The topological polar surface area (TPSA) is 29.5 Å². The van der Waals surface area contributed by atoms with Crippen LogP contribution in [0, 0.1) is 5.82 Å². The van der Waals surface area contributed by atoms with Gasteiger partial charge in [-0.3, -0.25) is 0 Å². The van der Waals surface area contributed by atoms with Gasteiger partial charge in [0.1, 0.15) is 12.7 Å². The summed E-state index contributed by atoms with van der Waals surface area (Å²) in [6.45, 7) is 0.279. The summed E-state index contributed by atoms with van der Waals surface area (Å²) in [7, 11) is 0. The van der Waals surface area contributed by atoms with E-state index < -0.39 is 11.9 Å². The van der Waals surface area contributed by atoms with Gasteiger partial charge in [0.15, 0.2) is 11.6 Å². The Labute approximate surface area is 98.3 Å². The summed E-state index contributed by atoms with van der Waals surface area (Å²) < 4.78 is 19.1. The van der Waals surface area contributed by atoms with E-state index in [1.54, 1.807) is 12.1 Å². The highest BCUT2D eigenvalue weighted by molar-refractivity contribution is 5.45. The van der Waals surface area contributed by atoms with Gasteiger partial charge in [-0.25, -0.2) is 4.39 Å². The predicted octanol–water partition coefficient (Wildman–Crippen LogP) is 2.80. The molecular formula is C14H11FO2. The number of hydrogen-bond donors (Lipinski definition) is 1. The van der Waals surface area contributed by atoms with Gasteiger partial charge in [-0.1, -0.05) is 36.4 Å². The van der Waals surface area contributed by atoms with Crippen LogP contribution in [0.25, 0.3) is 0 Å². The third-order valence-corrected chi connectivity index (χ3v) is 3.01. The van der Waals surface area contributed by atoms with Crippen molar-refractivity contribution in [2.75, 3.05) is 0 Å². The van der Waals surface area contributed by atoms with Crippen molar-refractivity contribution in [3.05, 3.63) is 65.0 Å². The maximum Gasteiger partial charge on any atom is 0.165 e. The second-order valence-electron chi connectivity index (χ2n) is 4.05. The summed E-state index contributed by atoms with van der Waals surface area (Å²) in [6.07, 6.45) is -0.834. The molecule has 1 N–H and O–H groups in total. The van der Waals surface area contributed by atoms with Gasteiger partial charge in [0.05, 0.1) is 0 Å². The summed E-state index contributed by atoms with van der Waals surface area (Å²) in [5, 5.41) is 10.3. The van der Waals surface area contributed by atoms with Crippen LogP contribution < -0.4 is 4.74 Å². The Kier molecular flexibility index (Phi) is 2.34. The molecule has 0 aliphatic carbocycles. The molecule has 0 saturated carbocycles. The molecule has 2 nitrogen and oxygen atoms in total. The number of ether oxygens (including phenoxy) is 1. The highest BCUT2D eigenvalue weighted by atomic mass is 19.1. The summed E-state index contributed by atoms with van der Waals surface area (Å²) in [5.41, 5.74) is 2.14. The Morgan fingerprint density at radius 3 is 2.71 bits per heavy atom. The van der Waals surface area contributed by atoms with Gasteiger partial charge in [0.25, 0.3) is 0 Å². The van der Waals surface area contributed by atoms with E-state index in [4.69, 9.17) is 4.74 Å². The largest absolute Gasteiger partial charge is 0.485 e. The quantitative estimate of drug-likeness (QED) is 0.754. The number of para-hydroxylation sites is 1. The molecule has 1 aliphatic heterocycles. The van der Waals surface area contributed by atoms with E-state index in [-0.39, 0.29) is 12.4 Å². The molecule has 0 radical (unpaired) electrons. The van der Waals surface area contributed by atoms with Crippen molar-refractivity contribution < 1.29 is 14.2 Å². The molecular weight excluding hydrogens is 219 g/mol. The Balaban J connectivity index is 2.20. The first-order valence-corrected chi connectivity index (χ1v) is 5.44. The fourth-order valence-electron chi connectivity index (χ4n) is 2.14. The van der Waals surface area contributed by atoms with Crippen molar-refractivity contribution in [1.29, 1.82) is 0 Å². The minimum Gasteiger partial charge on any atom is -0.485 e. The van der Waals surface area contributed by atoms with Gasteiger partial charge in [0.2, 0.25) is 0 Å². The SMILES string of the molecule is OC1c2ccccc2COc2c(F)cccc21. The first-order valence-electron chi connectivity index (χ1n) is 5.44. The first kappa shape index (κ1) is 10.3. The molecule has 2 aromatic rings. The van der Waals surface area contributed by atoms with Crippen LogP contribution in [-0.4, -0.2) is 5.11 Å². The lowest BCUT2D eigenvalue weighted by molar-refractivity contribution is 0.217. The van der Waals surface area contributed by atoms with E-state index in [2.05, 4.69) is 0 Å². The molecule has 0 aromatic heterocycles. The third-order valence-electron chi connectivity index (χ3n) is 3.01. The summed E-state index contributed by atoms with van der Waals surface area (Å²) in [6, 6.07) is 12.0. The Hall–Kier alpha value is -1.87. The normalized spacial score (nSPS) is 17.6. The molecule has 0 spiro atoms. The summed E-state index contributed by atoms with van der Waals surface area (Å²) in [4.78, 5) is 0. The van der Waals surface area contributed by atoms with Crippen molar-refractivity contribution in [2.24, 2.45) is 0 Å². The number of benzene rings is 2. The summed E-state index contributed by atoms with van der Waals surface area (Å²) >= 11 is 0. The van der Waals surface area contributed by atoms with E-state index in [9.17, 15) is 9.50 Å². The molecule has 3 rings (SSSR count). The maximum atomic E-state index is 13.6. The standard InChI is InChI=1S/C14H11FO2/c15-12-7-3-6-11-13(16)10-5-2-1-4-9(10)8-17-14(11)12/h1-7,13,16H,8H2. The Bertz CT molecular complexity index is 566. The van der Waals surface area contributed by atoms with E-state index in [0.717, 1.165) is 11.1 Å². The number of aliphatic hydroxyl groups excluding tert-OH is 1. The molecule has 1 unspecified atom stereocenters. The van der Waals surface area contributed by atoms with Crippen molar-refractivity contribution >= 4 is 0 Å². The zero-order valence-electron chi connectivity index (χ0n) is 9.06. The maximum absolute atomic E-state index is 13.6. The van der Waals surface area contributed by atoms with Crippen LogP contribution in [0.4, 0.5) is 4.39 Å². The van der Waals surface area contributed by atoms with Crippen LogP contribution >= 0.6 is 0 Å². The zero-order chi connectivity index (χ0) is 11.8. The van der Waals surface area contributed by atoms with E-state index >= 15 is 0 Å². The van der Waals surface area contributed by atoms with Crippen LogP contribution in [0.5, 0.6) is 5.75 Å².